The second-order valence-corrected chi connectivity index (χ2v) is 8.22. The highest BCUT2D eigenvalue weighted by atomic mass is 32.2. The quantitative estimate of drug-likeness (QED) is 0.639. The van der Waals surface area contributed by atoms with Crippen molar-refractivity contribution in [3.05, 3.63) is 65.7 Å². The molecule has 2 aromatic carbocycles. The highest BCUT2D eigenvalue weighted by molar-refractivity contribution is 7.89. The van der Waals surface area contributed by atoms with E-state index in [1.54, 1.807) is 19.1 Å². The largest absolute Gasteiger partial charge is 0.344 e. The van der Waals surface area contributed by atoms with Crippen LogP contribution in [0.2, 0.25) is 0 Å². The fraction of sp³-hybridized carbons (Fsp3) is 0.381. The molecule has 1 atom stereocenters. The second kappa shape index (κ2) is 10.4. The zero-order chi connectivity index (χ0) is 20.6. The molecule has 0 aromatic heterocycles. The van der Waals surface area contributed by atoms with Crippen LogP contribution in [-0.2, 0) is 10.0 Å². The Morgan fingerprint density at radius 2 is 1.57 bits per heavy atom. The summed E-state index contributed by atoms with van der Waals surface area (Å²) >= 11 is 0. The number of carbonyl (C=O) groups excluding carboxylic acids is 1. The molecule has 0 saturated carbocycles. The van der Waals surface area contributed by atoms with Crippen LogP contribution in [0.15, 0.2) is 59.5 Å². The van der Waals surface area contributed by atoms with E-state index >= 15 is 0 Å². The Morgan fingerprint density at radius 3 is 2.11 bits per heavy atom. The predicted molar refractivity (Wildman–Crippen MR) is 112 cm³/mol. The summed E-state index contributed by atoms with van der Waals surface area (Å²) in [6, 6.07) is 15.7. The predicted octanol–water partition coefficient (Wildman–Crippen LogP) is 2.80. The van der Waals surface area contributed by atoms with E-state index in [-0.39, 0.29) is 16.8 Å². The SMILES string of the molecule is CCNS(=O)(=O)c1ccc(C(=O)N[C@@H](CN(CC)CC)c2ccccc2)cc1. The standard InChI is InChI=1S/C21H29N3O3S/c1-4-22-28(26,27)19-14-12-18(13-15-19)21(25)23-20(16-24(5-2)6-3)17-10-8-7-9-11-17/h7-15,20,22H,4-6,16H2,1-3H3,(H,23,25)/t20-/m0/s1. The Balaban J connectivity index is 2.18. The maximum atomic E-state index is 12.8. The molecule has 6 nitrogen and oxygen atoms in total. The van der Waals surface area contributed by atoms with Crippen molar-refractivity contribution < 1.29 is 13.2 Å². The van der Waals surface area contributed by atoms with E-state index < -0.39 is 10.0 Å². The zero-order valence-electron chi connectivity index (χ0n) is 16.7. The molecule has 0 aliphatic carbocycles. The maximum absolute atomic E-state index is 12.8. The van der Waals surface area contributed by atoms with Crippen molar-refractivity contribution in [2.75, 3.05) is 26.2 Å². The van der Waals surface area contributed by atoms with Gasteiger partial charge in [0.05, 0.1) is 10.9 Å². The number of nitrogens with zero attached hydrogens (tertiary/aromatic N) is 1. The molecule has 0 aliphatic rings. The van der Waals surface area contributed by atoms with Crippen LogP contribution in [0.3, 0.4) is 0 Å². The minimum atomic E-state index is -3.53. The molecule has 0 spiro atoms. The van der Waals surface area contributed by atoms with Crippen LogP contribution in [0.1, 0.15) is 42.7 Å². The molecule has 0 fully saturated rings. The molecule has 2 rings (SSSR count). The fourth-order valence-electron chi connectivity index (χ4n) is 2.96. The highest BCUT2D eigenvalue weighted by Gasteiger charge is 2.19. The van der Waals surface area contributed by atoms with E-state index in [1.165, 1.54) is 12.1 Å². The molecule has 0 saturated heterocycles. The van der Waals surface area contributed by atoms with Gasteiger partial charge in [-0.05, 0) is 42.9 Å². The fourth-order valence-corrected chi connectivity index (χ4v) is 4.00. The van der Waals surface area contributed by atoms with E-state index in [0.717, 1.165) is 18.7 Å². The number of nitrogens with one attached hydrogen (secondary N) is 2. The van der Waals surface area contributed by atoms with E-state index in [0.29, 0.717) is 18.7 Å². The first-order valence-corrected chi connectivity index (χ1v) is 11.1. The van der Waals surface area contributed by atoms with Gasteiger partial charge < -0.3 is 10.2 Å². The number of likely N-dealkylation sites (N-methyl/N-ethyl adjacent to an activating group) is 1. The van der Waals surface area contributed by atoms with Crippen molar-refractivity contribution in [3.8, 4) is 0 Å². The van der Waals surface area contributed by atoms with Crippen molar-refractivity contribution in [2.24, 2.45) is 0 Å². The Morgan fingerprint density at radius 1 is 0.964 bits per heavy atom. The number of sulfonamides is 1. The highest BCUT2D eigenvalue weighted by Crippen LogP contribution is 2.16. The Kier molecular flexibility index (Phi) is 8.17. The molecule has 2 N–H and O–H groups in total. The summed E-state index contributed by atoms with van der Waals surface area (Å²) in [5.74, 6) is -0.228. The first-order valence-electron chi connectivity index (χ1n) is 9.59. The van der Waals surface area contributed by atoms with Crippen LogP contribution in [0.25, 0.3) is 0 Å². The van der Waals surface area contributed by atoms with Crippen molar-refractivity contribution in [1.29, 1.82) is 0 Å². The lowest BCUT2D eigenvalue weighted by atomic mass is 10.1. The minimum absolute atomic E-state index is 0.147. The molecule has 0 unspecified atom stereocenters. The van der Waals surface area contributed by atoms with Gasteiger partial charge in [-0.15, -0.1) is 0 Å². The van der Waals surface area contributed by atoms with Crippen LogP contribution in [0.5, 0.6) is 0 Å². The Labute approximate surface area is 168 Å². The van der Waals surface area contributed by atoms with Gasteiger partial charge in [0.15, 0.2) is 0 Å². The average molecular weight is 404 g/mol. The number of benzene rings is 2. The molecule has 2 aromatic rings. The molecule has 1 amide bonds. The first kappa shape index (κ1) is 22.1. The van der Waals surface area contributed by atoms with Crippen LogP contribution in [0, 0.1) is 0 Å². The van der Waals surface area contributed by atoms with Crippen LogP contribution in [-0.4, -0.2) is 45.4 Å². The number of hydrogen-bond donors (Lipinski definition) is 2. The molecule has 0 radical (unpaired) electrons. The number of amides is 1. The topological polar surface area (TPSA) is 78.5 Å². The van der Waals surface area contributed by atoms with Gasteiger partial charge in [0, 0.05) is 18.7 Å². The van der Waals surface area contributed by atoms with Crippen LogP contribution in [0.4, 0.5) is 0 Å². The Hall–Kier alpha value is -2.22. The summed E-state index contributed by atoms with van der Waals surface area (Å²) in [5.41, 5.74) is 1.46. The molecule has 0 aliphatic heterocycles. The Bertz CT molecular complexity index is 848. The van der Waals surface area contributed by atoms with Crippen molar-refractivity contribution >= 4 is 15.9 Å². The lowest BCUT2D eigenvalue weighted by molar-refractivity contribution is 0.0925. The smallest absolute Gasteiger partial charge is 0.251 e. The van der Waals surface area contributed by atoms with Gasteiger partial charge in [-0.25, -0.2) is 13.1 Å². The summed E-state index contributed by atoms with van der Waals surface area (Å²) < 4.78 is 26.5. The molecule has 0 bridgehead atoms. The summed E-state index contributed by atoms with van der Waals surface area (Å²) in [4.78, 5) is 15.2. The van der Waals surface area contributed by atoms with E-state index in [2.05, 4.69) is 28.8 Å². The van der Waals surface area contributed by atoms with Gasteiger partial charge in [0.25, 0.3) is 5.91 Å². The zero-order valence-corrected chi connectivity index (χ0v) is 17.5. The third kappa shape index (κ3) is 5.89. The number of carbonyl (C=O) groups is 1. The third-order valence-electron chi connectivity index (χ3n) is 4.60. The van der Waals surface area contributed by atoms with Gasteiger partial charge >= 0.3 is 0 Å². The normalized spacial score (nSPS) is 12.7. The molecular formula is C21H29N3O3S. The monoisotopic (exact) mass is 403 g/mol. The summed E-state index contributed by atoms with van der Waals surface area (Å²) in [6.45, 7) is 8.72. The van der Waals surface area contributed by atoms with Gasteiger partial charge in [-0.2, -0.15) is 0 Å². The van der Waals surface area contributed by atoms with Gasteiger partial charge in [0.2, 0.25) is 10.0 Å². The first-order chi connectivity index (χ1) is 13.4. The van der Waals surface area contributed by atoms with Gasteiger partial charge in [-0.1, -0.05) is 51.1 Å². The second-order valence-electron chi connectivity index (χ2n) is 6.45. The van der Waals surface area contributed by atoms with Crippen molar-refractivity contribution in [3.63, 3.8) is 0 Å². The van der Waals surface area contributed by atoms with Gasteiger partial charge in [0.1, 0.15) is 0 Å². The molecule has 28 heavy (non-hydrogen) atoms. The van der Waals surface area contributed by atoms with E-state index in [4.69, 9.17) is 0 Å². The third-order valence-corrected chi connectivity index (χ3v) is 6.17. The minimum Gasteiger partial charge on any atom is -0.344 e. The molecule has 7 heteroatoms. The van der Waals surface area contributed by atoms with Crippen LogP contribution < -0.4 is 10.0 Å². The average Bonchev–Trinajstić information content (AvgIpc) is 2.71. The lowest BCUT2D eigenvalue weighted by Gasteiger charge is -2.26. The summed E-state index contributed by atoms with van der Waals surface area (Å²) in [6.07, 6.45) is 0. The van der Waals surface area contributed by atoms with E-state index in [1.807, 2.05) is 30.3 Å². The molecule has 152 valence electrons. The van der Waals surface area contributed by atoms with Gasteiger partial charge in [-0.3, -0.25) is 4.79 Å². The number of hydrogen-bond acceptors (Lipinski definition) is 4. The van der Waals surface area contributed by atoms with Crippen molar-refractivity contribution in [2.45, 2.75) is 31.7 Å². The number of rotatable bonds is 10. The summed E-state index contributed by atoms with van der Waals surface area (Å²) in [5, 5.41) is 3.09. The maximum Gasteiger partial charge on any atom is 0.251 e. The summed E-state index contributed by atoms with van der Waals surface area (Å²) in [7, 11) is -3.53. The lowest BCUT2D eigenvalue weighted by Crippen LogP contribution is -2.38. The van der Waals surface area contributed by atoms with E-state index in [9.17, 15) is 13.2 Å². The van der Waals surface area contributed by atoms with Crippen LogP contribution >= 0.6 is 0 Å². The molecular weight excluding hydrogens is 374 g/mol. The molecule has 0 heterocycles. The van der Waals surface area contributed by atoms with Crippen molar-refractivity contribution in [1.82, 2.24) is 14.9 Å².